The first kappa shape index (κ1) is 14.5. The quantitative estimate of drug-likeness (QED) is 0.647. The molecule has 0 aliphatic rings. The van der Waals surface area contributed by atoms with Gasteiger partial charge in [0.25, 0.3) is 0 Å². The van der Waals surface area contributed by atoms with E-state index in [1.54, 1.807) is 0 Å². The van der Waals surface area contributed by atoms with Gasteiger partial charge in [-0.15, -0.1) is 0 Å². The van der Waals surface area contributed by atoms with Crippen molar-refractivity contribution >= 4 is 0 Å². The minimum absolute atomic E-state index is 0.498. The summed E-state index contributed by atoms with van der Waals surface area (Å²) in [5, 5.41) is 0. The van der Waals surface area contributed by atoms with E-state index in [9.17, 15) is 0 Å². The van der Waals surface area contributed by atoms with Crippen LogP contribution in [-0.4, -0.2) is 17.5 Å². The highest BCUT2D eigenvalue weighted by Gasteiger charge is 2.10. The number of hydrogen-bond acceptors (Lipinski definition) is 1. The summed E-state index contributed by atoms with van der Waals surface area (Å²) in [5.41, 5.74) is 2.54. The Balaban J connectivity index is 2.74. The van der Waals surface area contributed by atoms with E-state index in [1.165, 1.54) is 11.1 Å². The lowest BCUT2D eigenvalue weighted by Gasteiger charge is -2.27. The molecule has 0 fully saturated rings. The van der Waals surface area contributed by atoms with Crippen molar-refractivity contribution in [1.29, 1.82) is 0 Å². The van der Waals surface area contributed by atoms with Crippen molar-refractivity contribution in [3.05, 3.63) is 72.9 Å². The second-order valence-corrected chi connectivity index (χ2v) is 4.67. The summed E-state index contributed by atoms with van der Waals surface area (Å²) in [4.78, 5) is 2.42. The van der Waals surface area contributed by atoms with Crippen molar-refractivity contribution in [3.8, 4) is 0 Å². The molecule has 0 saturated heterocycles. The van der Waals surface area contributed by atoms with Gasteiger partial charge in [0.15, 0.2) is 0 Å². The van der Waals surface area contributed by atoms with E-state index in [4.69, 9.17) is 0 Å². The Morgan fingerprint density at radius 1 is 1.22 bits per heavy atom. The molecule has 0 bridgehead atoms. The highest BCUT2D eigenvalue weighted by atomic mass is 15.1. The van der Waals surface area contributed by atoms with Gasteiger partial charge in [0.1, 0.15) is 0 Å². The van der Waals surface area contributed by atoms with Crippen LogP contribution >= 0.6 is 0 Å². The van der Waals surface area contributed by atoms with Gasteiger partial charge in [-0.1, -0.05) is 61.7 Å². The largest absolute Gasteiger partial charge is 0.292 e. The lowest BCUT2D eigenvalue weighted by molar-refractivity contribution is 0.233. The fourth-order valence-electron chi connectivity index (χ4n) is 1.81. The van der Waals surface area contributed by atoms with E-state index in [0.29, 0.717) is 6.04 Å². The molecule has 1 rings (SSSR count). The lowest BCUT2D eigenvalue weighted by atomic mass is 10.1. The van der Waals surface area contributed by atoms with Gasteiger partial charge in [0.2, 0.25) is 0 Å². The second kappa shape index (κ2) is 7.67. The van der Waals surface area contributed by atoms with E-state index >= 15 is 0 Å². The first-order valence-electron chi connectivity index (χ1n) is 6.39. The van der Waals surface area contributed by atoms with Crippen molar-refractivity contribution in [2.24, 2.45) is 0 Å². The Labute approximate surface area is 111 Å². The monoisotopic (exact) mass is 241 g/mol. The highest BCUT2D eigenvalue weighted by molar-refractivity contribution is 5.23. The number of rotatable bonds is 7. The molecule has 0 radical (unpaired) electrons. The maximum Gasteiger partial charge on any atom is 0.0239 e. The minimum Gasteiger partial charge on any atom is -0.292 e. The van der Waals surface area contributed by atoms with Crippen molar-refractivity contribution in [2.75, 3.05) is 6.54 Å². The maximum absolute atomic E-state index is 3.86. The van der Waals surface area contributed by atoms with Gasteiger partial charge >= 0.3 is 0 Å². The zero-order valence-corrected chi connectivity index (χ0v) is 11.5. The Bertz CT molecular complexity index is 401. The zero-order valence-electron chi connectivity index (χ0n) is 11.5. The standard InChI is InChI=1S/C17H23N/c1-5-10-16(6-2)13-18(15(3)4)14-17-11-8-7-9-12-17/h5-12,15H,1-2,13-14H2,3-4H3/b16-10+. The number of nitrogens with zero attached hydrogens (tertiary/aromatic N) is 1. The van der Waals surface area contributed by atoms with Crippen molar-refractivity contribution in [3.63, 3.8) is 0 Å². The third-order valence-corrected chi connectivity index (χ3v) is 2.94. The molecule has 96 valence electrons. The van der Waals surface area contributed by atoms with Crippen molar-refractivity contribution in [1.82, 2.24) is 4.90 Å². The molecule has 18 heavy (non-hydrogen) atoms. The second-order valence-electron chi connectivity index (χ2n) is 4.67. The van der Waals surface area contributed by atoms with Crippen LogP contribution in [0.15, 0.2) is 67.3 Å². The van der Waals surface area contributed by atoms with Gasteiger partial charge in [0.05, 0.1) is 0 Å². The molecular formula is C17H23N. The summed E-state index contributed by atoms with van der Waals surface area (Å²) in [7, 11) is 0. The van der Waals surface area contributed by atoms with Crippen LogP contribution in [-0.2, 0) is 6.54 Å². The molecule has 0 atom stereocenters. The Morgan fingerprint density at radius 3 is 2.39 bits per heavy atom. The van der Waals surface area contributed by atoms with Gasteiger partial charge in [-0.2, -0.15) is 0 Å². The predicted molar refractivity (Wildman–Crippen MR) is 80.5 cm³/mol. The third-order valence-electron chi connectivity index (χ3n) is 2.94. The summed E-state index contributed by atoms with van der Waals surface area (Å²) in [6.45, 7) is 13.9. The van der Waals surface area contributed by atoms with Crippen LogP contribution in [0.5, 0.6) is 0 Å². The fraction of sp³-hybridized carbons (Fsp3) is 0.294. The van der Waals surface area contributed by atoms with Gasteiger partial charge < -0.3 is 0 Å². The molecule has 0 heterocycles. The van der Waals surface area contributed by atoms with E-state index in [1.807, 2.05) is 18.2 Å². The van der Waals surface area contributed by atoms with Gasteiger partial charge in [-0.25, -0.2) is 0 Å². The van der Waals surface area contributed by atoms with Crippen LogP contribution < -0.4 is 0 Å². The van der Waals surface area contributed by atoms with Crippen molar-refractivity contribution < 1.29 is 0 Å². The Morgan fingerprint density at radius 2 is 1.89 bits per heavy atom. The Hall–Kier alpha value is -1.60. The normalized spacial score (nSPS) is 11.9. The number of benzene rings is 1. The summed E-state index contributed by atoms with van der Waals surface area (Å²) in [6.07, 6.45) is 5.74. The first-order valence-corrected chi connectivity index (χ1v) is 6.39. The summed E-state index contributed by atoms with van der Waals surface area (Å²) < 4.78 is 0. The van der Waals surface area contributed by atoms with Gasteiger partial charge in [0, 0.05) is 19.1 Å². The van der Waals surface area contributed by atoms with Crippen LogP contribution in [0.25, 0.3) is 0 Å². The average Bonchev–Trinajstić information content (AvgIpc) is 2.38. The fourth-order valence-corrected chi connectivity index (χ4v) is 1.81. The molecule has 0 spiro atoms. The number of allylic oxidation sites excluding steroid dienone is 2. The molecule has 0 aromatic heterocycles. The molecule has 0 amide bonds. The van der Waals surface area contributed by atoms with Crippen molar-refractivity contribution in [2.45, 2.75) is 26.4 Å². The number of hydrogen-bond donors (Lipinski definition) is 0. The summed E-state index contributed by atoms with van der Waals surface area (Å²) >= 11 is 0. The predicted octanol–water partition coefficient (Wildman–Crippen LogP) is 4.20. The molecule has 0 unspecified atom stereocenters. The third kappa shape index (κ3) is 4.72. The van der Waals surface area contributed by atoms with E-state index < -0.39 is 0 Å². The summed E-state index contributed by atoms with van der Waals surface area (Å²) in [6, 6.07) is 11.1. The van der Waals surface area contributed by atoms with E-state index in [0.717, 1.165) is 13.1 Å². The molecule has 0 aliphatic carbocycles. The van der Waals surface area contributed by atoms with Crippen LogP contribution in [0.2, 0.25) is 0 Å². The maximum atomic E-state index is 3.86. The molecule has 1 aromatic rings. The Kier molecular flexibility index (Phi) is 6.16. The molecular weight excluding hydrogens is 218 g/mol. The van der Waals surface area contributed by atoms with E-state index in [-0.39, 0.29) is 0 Å². The smallest absolute Gasteiger partial charge is 0.0239 e. The van der Waals surface area contributed by atoms with E-state index in [2.05, 4.69) is 62.2 Å². The highest BCUT2D eigenvalue weighted by Crippen LogP contribution is 2.11. The van der Waals surface area contributed by atoms with Crippen LogP contribution in [0.1, 0.15) is 19.4 Å². The lowest BCUT2D eigenvalue weighted by Crippen LogP contribution is -2.31. The average molecular weight is 241 g/mol. The molecule has 1 nitrogen and oxygen atoms in total. The molecule has 0 aliphatic heterocycles. The van der Waals surface area contributed by atoms with Crippen LogP contribution in [0.4, 0.5) is 0 Å². The minimum atomic E-state index is 0.498. The molecule has 0 N–H and O–H groups in total. The van der Waals surface area contributed by atoms with Crippen LogP contribution in [0, 0.1) is 0 Å². The molecule has 1 heteroatoms. The van der Waals surface area contributed by atoms with Crippen LogP contribution in [0.3, 0.4) is 0 Å². The summed E-state index contributed by atoms with van der Waals surface area (Å²) in [5.74, 6) is 0. The van der Waals surface area contributed by atoms with Gasteiger partial charge in [-0.3, -0.25) is 4.90 Å². The molecule has 1 aromatic carbocycles. The SMILES string of the molecule is C=C/C=C(\C=C)CN(Cc1ccccc1)C(C)C. The zero-order chi connectivity index (χ0) is 13.4. The van der Waals surface area contributed by atoms with Gasteiger partial charge in [-0.05, 0) is 25.0 Å². The molecule has 0 saturated carbocycles. The first-order chi connectivity index (χ1) is 8.67. The topological polar surface area (TPSA) is 3.24 Å².